The molecule has 0 aliphatic carbocycles. The predicted octanol–water partition coefficient (Wildman–Crippen LogP) is 5.19. The topological polar surface area (TPSA) is 59.7 Å². The number of hydrogen-bond acceptors (Lipinski definition) is 4. The lowest BCUT2D eigenvalue weighted by Gasteiger charge is -2.44. The molecule has 0 radical (unpaired) electrons. The van der Waals surface area contributed by atoms with E-state index in [1.807, 2.05) is 0 Å². The van der Waals surface area contributed by atoms with Crippen molar-refractivity contribution in [3.8, 4) is 0 Å². The fourth-order valence-electron chi connectivity index (χ4n) is 4.52. The van der Waals surface area contributed by atoms with Gasteiger partial charge in [-0.2, -0.15) is 31.4 Å². The molecule has 1 atom stereocenters. The highest BCUT2D eigenvalue weighted by atomic mass is 19.4. The van der Waals surface area contributed by atoms with Crippen LogP contribution in [0.2, 0.25) is 0 Å². The van der Waals surface area contributed by atoms with E-state index in [4.69, 9.17) is 4.84 Å². The number of aromatic nitrogens is 2. The van der Waals surface area contributed by atoms with Gasteiger partial charge < -0.3 is 9.74 Å². The molecule has 2 aliphatic rings. The third kappa shape index (κ3) is 4.50. The standard InChI is InChI=1S/C25H19F7N4O2/c26-22(14-35(15-22)21(37)13-36-10-2-9-33-36)17-7-5-16(6-8-17)20-12-23(38-34-20,25(30,31)32)18-3-1-4-19(11-18)24(27,28)29/h1-11H,12-15H2. The molecule has 13 heteroatoms. The molecule has 1 aromatic heterocycles. The molecule has 1 fully saturated rings. The molecule has 6 nitrogen and oxygen atoms in total. The summed E-state index contributed by atoms with van der Waals surface area (Å²) in [6.07, 6.45) is -7.67. The van der Waals surface area contributed by atoms with Crippen LogP contribution in [0.25, 0.3) is 0 Å². The molecule has 1 unspecified atom stereocenters. The summed E-state index contributed by atoms with van der Waals surface area (Å²) in [6, 6.07) is 10.0. The quantitative estimate of drug-likeness (QED) is 0.419. The van der Waals surface area contributed by atoms with Crippen LogP contribution in [0.5, 0.6) is 0 Å². The zero-order valence-electron chi connectivity index (χ0n) is 19.4. The highest BCUT2D eigenvalue weighted by Crippen LogP contribution is 2.49. The minimum Gasteiger partial charge on any atom is -0.374 e. The van der Waals surface area contributed by atoms with Gasteiger partial charge in [0.25, 0.3) is 5.60 Å². The summed E-state index contributed by atoms with van der Waals surface area (Å²) in [5.74, 6) is -0.311. The highest BCUT2D eigenvalue weighted by molar-refractivity contribution is 6.01. The van der Waals surface area contributed by atoms with Crippen LogP contribution in [-0.4, -0.2) is 45.6 Å². The van der Waals surface area contributed by atoms with Crippen LogP contribution in [0.3, 0.4) is 0 Å². The molecular weight excluding hydrogens is 521 g/mol. The van der Waals surface area contributed by atoms with Crippen molar-refractivity contribution >= 4 is 11.6 Å². The average Bonchev–Trinajstić information content (AvgIpc) is 3.52. The normalized spacial score (nSPS) is 21.0. The van der Waals surface area contributed by atoms with Gasteiger partial charge in [0.05, 0.1) is 24.4 Å². The van der Waals surface area contributed by atoms with Crippen molar-refractivity contribution in [1.29, 1.82) is 0 Å². The summed E-state index contributed by atoms with van der Waals surface area (Å²) in [5, 5.41) is 7.48. The maximum atomic E-state index is 15.4. The molecule has 0 spiro atoms. The number of amides is 1. The number of nitrogens with zero attached hydrogens (tertiary/aromatic N) is 4. The second-order valence-electron chi connectivity index (χ2n) is 9.21. The van der Waals surface area contributed by atoms with Gasteiger partial charge in [0, 0.05) is 24.4 Å². The van der Waals surface area contributed by atoms with Crippen LogP contribution in [0.1, 0.15) is 28.7 Å². The van der Waals surface area contributed by atoms with Crippen LogP contribution < -0.4 is 0 Å². The minimum atomic E-state index is -5.08. The summed E-state index contributed by atoms with van der Waals surface area (Å²) in [6.45, 7) is -0.416. The summed E-state index contributed by atoms with van der Waals surface area (Å²) in [4.78, 5) is 18.4. The van der Waals surface area contributed by atoms with Gasteiger partial charge >= 0.3 is 12.4 Å². The maximum absolute atomic E-state index is 15.4. The Bertz CT molecular complexity index is 1360. The van der Waals surface area contributed by atoms with E-state index in [0.29, 0.717) is 12.1 Å². The smallest absolute Gasteiger partial charge is 0.374 e. The molecule has 200 valence electrons. The van der Waals surface area contributed by atoms with E-state index in [1.165, 1.54) is 40.0 Å². The zero-order valence-corrected chi connectivity index (χ0v) is 19.4. The number of benzene rings is 2. The van der Waals surface area contributed by atoms with Crippen LogP contribution in [0.4, 0.5) is 30.7 Å². The molecule has 5 rings (SSSR count). The first kappa shape index (κ1) is 25.7. The van der Waals surface area contributed by atoms with E-state index in [-0.39, 0.29) is 42.4 Å². The van der Waals surface area contributed by atoms with E-state index >= 15 is 4.39 Å². The van der Waals surface area contributed by atoms with E-state index in [0.717, 1.165) is 12.1 Å². The monoisotopic (exact) mass is 540 g/mol. The van der Waals surface area contributed by atoms with Crippen molar-refractivity contribution in [3.63, 3.8) is 0 Å². The van der Waals surface area contributed by atoms with E-state index in [9.17, 15) is 31.1 Å². The number of carbonyl (C=O) groups is 1. The van der Waals surface area contributed by atoms with Crippen LogP contribution >= 0.6 is 0 Å². The van der Waals surface area contributed by atoms with Crippen molar-refractivity contribution in [1.82, 2.24) is 14.7 Å². The molecule has 0 saturated carbocycles. The Morgan fingerprint density at radius 3 is 2.29 bits per heavy atom. The zero-order chi connectivity index (χ0) is 27.3. The third-order valence-corrected chi connectivity index (χ3v) is 6.67. The van der Waals surface area contributed by atoms with Crippen LogP contribution in [0.15, 0.2) is 72.1 Å². The molecule has 3 heterocycles. The predicted molar refractivity (Wildman–Crippen MR) is 119 cm³/mol. The minimum absolute atomic E-state index is 0.0331. The number of alkyl halides is 7. The van der Waals surface area contributed by atoms with Crippen molar-refractivity contribution in [2.75, 3.05) is 13.1 Å². The molecule has 1 amide bonds. The van der Waals surface area contributed by atoms with E-state index < -0.39 is 41.2 Å². The molecule has 2 aromatic carbocycles. The van der Waals surface area contributed by atoms with Gasteiger partial charge in [-0.15, -0.1) is 0 Å². The summed E-state index contributed by atoms with van der Waals surface area (Å²) in [5.41, 5.74) is -6.64. The van der Waals surface area contributed by atoms with E-state index in [2.05, 4.69) is 10.3 Å². The average molecular weight is 540 g/mol. The number of likely N-dealkylation sites (tertiary alicyclic amines) is 1. The van der Waals surface area contributed by atoms with Crippen molar-refractivity contribution in [2.45, 2.75) is 36.6 Å². The number of halogens is 7. The number of carbonyl (C=O) groups excluding carboxylic acids is 1. The summed E-state index contributed by atoms with van der Waals surface area (Å²) >= 11 is 0. The Labute approximate surface area is 211 Å². The van der Waals surface area contributed by atoms with Gasteiger partial charge in [-0.1, -0.05) is 41.6 Å². The Morgan fingerprint density at radius 2 is 1.68 bits per heavy atom. The fourth-order valence-corrected chi connectivity index (χ4v) is 4.52. The van der Waals surface area contributed by atoms with Gasteiger partial charge in [0.2, 0.25) is 5.91 Å². The van der Waals surface area contributed by atoms with Gasteiger partial charge in [-0.3, -0.25) is 9.48 Å². The highest BCUT2D eigenvalue weighted by Gasteiger charge is 2.62. The van der Waals surface area contributed by atoms with Crippen LogP contribution in [0, 0.1) is 0 Å². The molecule has 0 N–H and O–H groups in total. The van der Waals surface area contributed by atoms with Crippen molar-refractivity contribution in [2.24, 2.45) is 5.16 Å². The molecule has 3 aromatic rings. The Morgan fingerprint density at radius 1 is 0.974 bits per heavy atom. The second kappa shape index (κ2) is 8.84. The van der Waals surface area contributed by atoms with Gasteiger partial charge in [-0.05, 0) is 29.3 Å². The van der Waals surface area contributed by atoms with Gasteiger partial charge in [0.15, 0.2) is 5.67 Å². The van der Waals surface area contributed by atoms with Gasteiger partial charge in [0.1, 0.15) is 6.54 Å². The van der Waals surface area contributed by atoms with Crippen LogP contribution in [-0.2, 0) is 33.6 Å². The van der Waals surface area contributed by atoms with E-state index in [1.54, 1.807) is 12.3 Å². The Kier molecular flexibility index (Phi) is 5.99. The maximum Gasteiger partial charge on any atom is 0.435 e. The first-order valence-corrected chi connectivity index (χ1v) is 11.4. The lowest BCUT2D eigenvalue weighted by atomic mass is 9.84. The lowest BCUT2D eigenvalue weighted by molar-refractivity contribution is -0.276. The molecule has 2 aliphatic heterocycles. The number of hydrogen-bond donors (Lipinski definition) is 0. The Hall–Kier alpha value is -3.90. The van der Waals surface area contributed by atoms with Crippen molar-refractivity contribution < 1.29 is 40.4 Å². The number of rotatable bonds is 5. The molecular formula is C25H19F7N4O2. The van der Waals surface area contributed by atoms with Gasteiger partial charge in [-0.25, -0.2) is 4.39 Å². The Balaban J connectivity index is 1.30. The third-order valence-electron chi connectivity index (χ3n) is 6.67. The van der Waals surface area contributed by atoms with Crippen molar-refractivity contribution in [3.05, 3.63) is 89.2 Å². The lowest BCUT2D eigenvalue weighted by Crippen LogP contribution is -2.59. The largest absolute Gasteiger partial charge is 0.435 e. The molecule has 1 saturated heterocycles. The SMILES string of the molecule is O=C(Cn1cccn1)N1CC(F)(c2ccc(C3=NOC(c4cccc(C(F)(F)F)c4)(C(F)(F)F)C3)cc2)C1. The summed E-state index contributed by atoms with van der Waals surface area (Å²) in [7, 11) is 0. The molecule has 0 bridgehead atoms. The molecule has 38 heavy (non-hydrogen) atoms. The summed E-state index contributed by atoms with van der Waals surface area (Å²) < 4.78 is 98.6. The number of oxime groups is 1. The first-order valence-electron chi connectivity index (χ1n) is 11.4. The second-order valence-corrected chi connectivity index (χ2v) is 9.21. The first-order chi connectivity index (χ1) is 17.8. The fraction of sp³-hybridized carbons (Fsp3) is 0.320.